The molecule has 0 aliphatic heterocycles. The highest BCUT2D eigenvalue weighted by Gasteiger charge is 2.25. The molecule has 1 aromatic carbocycles. The molecule has 0 spiro atoms. The third-order valence-corrected chi connectivity index (χ3v) is 3.23. The van der Waals surface area contributed by atoms with Crippen LogP contribution in [-0.2, 0) is 0 Å². The van der Waals surface area contributed by atoms with Gasteiger partial charge in [0.25, 0.3) is 5.91 Å². The summed E-state index contributed by atoms with van der Waals surface area (Å²) in [6.07, 6.45) is -4.59. The molecule has 1 amide bonds. The molecule has 1 aromatic rings. The van der Waals surface area contributed by atoms with Crippen LogP contribution in [0, 0.1) is 6.92 Å². The number of carbonyl (C=O) groups is 1. The van der Waals surface area contributed by atoms with Crippen molar-refractivity contribution in [3.8, 4) is 0 Å². The molecular weight excluding hydrogens is 323 g/mol. The zero-order chi connectivity index (χ0) is 14.5. The van der Waals surface area contributed by atoms with E-state index in [4.69, 9.17) is 0 Å². The number of alkyl halides is 3. The Balaban J connectivity index is 2.38. The Bertz CT molecular complexity index is 446. The van der Waals surface area contributed by atoms with Crippen molar-refractivity contribution in [1.29, 1.82) is 0 Å². The fourth-order valence-corrected chi connectivity index (χ4v) is 1.99. The van der Waals surface area contributed by atoms with Gasteiger partial charge in [-0.05, 0) is 47.8 Å². The maximum absolute atomic E-state index is 11.9. The van der Waals surface area contributed by atoms with Crippen molar-refractivity contribution in [3.63, 3.8) is 0 Å². The van der Waals surface area contributed by atoms with Gasteiger partial charge in [-0.15, -0.1) is 0 Å². The molecule has 6 heteroatoms. The average molecular weight is 338 g/mol. The lowest BCUT2D eigenvalue weighted by molar-refractivity contribution is -0.135. The highest BCUT2D eigenvalue weighted by Crippen LogP contribution is 2.22. The number of hydrogen-bond donors (Lipinski definition) is 1. The van der Waals surface area contributed by atoms with Gasteiger partial charge in [0.15, 0.2) is 0 Å². The second-order valence-electron chi connectivity index (χ2n) is 4.31. The summed E-state index contributed by atoms with van der Waals surface area (Å²) in [5.74, 6) is -0.275. The van der Waals surface area contributed by atoms with Gasteiger partial charge in [-0.3, -0.25) is 4.79 Å². The molecule has 1 rings (SSSR count). The second-order valence-corrected chi connectivity index (χ2v) is 5.17. The van der Waals surface area contributed by atoms with E-state index < -0.39 is 12.6 Å². The van der Waals surface area contributed by atoms with E-state index in [0.717, 1.165) is 5.56 Å². The molecule has 19 heavy (non-hydrogen) atoms. The third kappa shape index (κ3) is 6.09. The van der Waals surface area contributed by atoms with Crippen molar-refractivity contribution < 1.29 is 18.0 Å². The molecule has 0 bridgehead atoms. The fraction of sp³-hybridized carbons (Fsp3) is 0.462. The molecule has 0 aliphatic rings. The zero-order valence-electron chi connectivity index (χ0n) is 10.5. The van der Waals surface area contributed by atoms with E-state index in [1.807, 2.05) is 13.0 Å². The summed E-state index contributed by atoms with van der Waals surface area (Å²) in [6.45, 7) is 2.11. The van der Waals surface area contributed by atoms with E-state index in [9.17, 15) is 18.0 Å². The first-order valence-corrected chi connectivity index (χ1v) is 6.70. The normalized spacial score (nSPS) is 11.4. The van der Waals surface area contributed by atoms with Crippen molar-refractivity contribution in [2.24, 2.45) is 0 Å². The van der Waals surface area contributed by atoms with Crippen molar-refractivity contribution in [1.82, 2.24) is 5.32 Å². The minimum atomic E-state index is -4.12. The number of carbonyl (C=O) groups excluding carboxylic acids is 1. The Morgan fingerprint density at radius 3 is 2.63 bits per heavy atom. The highest BCUT2D eigenvalue weighted by atomic mass is 79.9. The fourth-order valence-electron chi connectivity index (χ4n) is 1.56. The summed E-state index contributed by atoms with van der Waals surface area (Å²) in [7, 11) is 0. The molecular formula is C13H15BrF3NO. The standard InChI is InChI=1S/C13H15BrF3NO/c1-9-4-5-11(14)10(8-9)12(19)18-7-3-2-6-13(15,16)17/h4-5,8H,2-3,6-7H2,1H3,(H,18,19). The Labute approximate surface area is 118 Å². The molecule has 0 aliphatic carbocycles. The first-order valence-electron chi connectivity index (χ1n) is 5.91. The van der Waals surface area contributed by atoms with Crippen molar-refractivity contribution in [3.05, 3.63) is 33.8 Å². The van der Waals surface area contributed by atoms with Crippen LogP contribution in [0.2, 0.25) is 0 Å². The van der Waals surface area contributed by atoms with E-state index in [1.165, 1.54) is 0 Å². The molecule has 0 aromatic heterocycles. The molecule has 0 unspecified atom stereocenters. The first-order chi connectivity index (χ1) is 8.79. The zero-order valence-corrected chi connectivity index (χ0v) is 12.1. The van der Waals surface area contributed by atoms with E-state index in [0.29, 0.717) is 16.5 Å². The van der Waals surface area contributed by atoms with Gasteiger partial charge in [0.1, 0.15) is 0 Å². The van der Waals surface area contributed by atoms with Crippen LogP contribution in [0.1, 0.15) is 35.2 Å². The van der Waals surface area contributed by atoms with Crippen molar-refractivity contribution in [2.75, 3.05) is 6.54 Å². The maximum Gasteiger partial charge on any atom is 0.389 e. The largest absolute Gasteiger partial charge is 0.389 e. The quantitative estimate of drug-likeness (QED) is 0.801. The Kier molecular flexibility index (Phi) is 5.85. The smallest absolute Gasteiger partial charge is 0.352 e. The average Bonchev–Trinajstić information content (AvgIpc) is 2.30. The molecule has 1 N–H and O–H groups in total. The van der Waals surface area contributed by atoms with Gasteiger partial charge in [-0.25, -0.2) is 0 Å². The Morgan fingerprint density at radius 2 is 2.00 bits per heavy atom. The van der Waals surface area contributed by atoms with Gasteiger partial charge in [0.05, 0.1) is 5.56 Å². The van der Waals surface area contributed by atoms with Gasteiger partial charge in [-0.2, -0.15) is 13.2 Å². The van der Waals surface area contributed by atoms with Crippen LogP contribution in [0.3, 0.4) is 0 Å². The molecule has 106 valence electrons. The van der Waals surface area contributed by atoms with Crippen LogP contribution in [0.25, 0.3) is 0 Å². The summed E-state index contributed by atoms with van der Waals surface area (Å²) in [5, 5.41) is 2.62. The summed E-state index contributed by atoms with van der Waals surface area (Å²) in [6, 6.07) is 5.37. The summed E-state index contributed by atoms with van der Waals surface area (Å²) in [5.41, 5.74) is 1.45. The number of aryl methyl sites for hydroxylation is 1. The van der Waals surface area contributed by atoms with E-state index in [2.05, 4.69) is 21.2 Å². The summed E-state index contributed by atoms with van der Waals surface area (Å²) >= 11 is 3.27. The van der Waals surface area contributed by atoms with Crippen molar-refractivity contribution in [2.45, 2.75) is 32.4 Å². The molecule has 0 fully saturated rings. The van der Waals surface area contributed by atoms with Gasteiger partial charge < -0.3 is 5.32 Å². The Hall–Kier alpha value is -1.04. The number of benzene rings is 1. The Morgan fingerprint density at radius 1 is 1.32 bits per heavy atom. The van der Waals surface area contributed by atoms with E-state index in [-0.39, 0.29) is 18.9 Å². The van der Waals surface area contributed by atoms with E-state index >= 15 is 0 Å². The molecule has 0 atom stereocenters. The van der Waals surface area contributed by atoms with Crippen LogP contribution in [0.15, 0.2) is 22.7 Å². The van der Waals surface area contributed by atoms with Crippen molar-refractivity contribution >= 4 is 21.8 Å². The second kappa shape index (κ2) is 6.93. The molecule has 0 heterocycles. The third-order valence-electron chi connectivity index (χ3n) is 2.54. The van der Waals surface area contributed by atoms with Crippen LogP contribution in [0.4, 0.5) is 13.2 Å². The SMILES string of the molecule is Cc1ccc(Br)c(C(=O)NCCCCC(F)(F)F)c1. The number of nitrogens with one attached hydrogen (secondary N) is 1. The molecule has 0 saturated carbocycles. The lowest BCUT2D eigenvalue weighted by Crippen LogP contribution is -2.25. The molecule has 0 saturated heterocycles. The summed E-state index contributed by atoms with van der Waals surface area (Å²) < 4.78 is 36.4. The number of unbranched alkanes of at least 4 members (excludes halogenated alkanes) is 1. The monoisotopic (exact) mass is 337 g/mol. The maximum atomic E-state index is 11.9. The molecule has 2 nitrogen and oxygen atoms in total. The predicted octanol–water partition coefficient (Wildman–Crippen LogP) is 4.22. The minimum absolute atomic E-state index is 0.0266. The number of hydrogen-bond acceptors (Lipinski definition) is 1. The highest BCUT2D eigenvalue weighted by molar-refractivity contribution is 9.10. The van der Waals surface area contributed by atoms with Crippen LogP contribution >= 0.6 is 15.9 Å². The van der Waals surface area contributed by atoms with Gasteiger partial charge in [-0.1, -0.05) is 11.6 Å². The van der Waals surface area contributed by atoms with Gasteiger partial charge in [0, 0.05) is 17.4 Å². The van der Waals surface area contributed by atoms with Gasteiger partial charge >= 0.3 is 6.18 Å². The van der Waals surface area contributed by atoms with Crippen LogP contribution < -0.4 is 5.32 Å². The van der Waals surface area contributed by atoms with Crippen LogP contribution in [0.5, 0.6) is 0 Å². The predicted molar refractivity (Wildman–Crippen MR) is 71.1 cm³/mol. The number of amides is 1. The summed E-state index contributed by atoms with van der Waals surface area (Å²) in [4.78, 5) is 11.8. The first kappa shape index (κ1) is 16.0. The van der Waals surface area contributed by atoms with Crippen LogP contribution in [-0.4, -0.2) is 18.6 Å². The number of halogens is 4. The lowest BCUT2D eigenvalue weighted by Gasteiger charge is -2.08. The number of rotatable bonds is 5. The lowest BCUT2D eigenvalue weighted by atomic mass is 10.1. The molecule has 0 radical (unpaired) electrons. The topological polar surface area (TPSA) is 29.1 Å². The van der Waals surface area contributed by atoms with Gasteiger partial charge in [0.2, 0.25) is 0 Å². The minimum Gasteiger partial charge on any atom is -0.352 e. The van der Waals surface area contributed by atoms with E-state index in [1.54, 1.807) is 12.1 Å².